The van der Waals surface area contributed by atoms with Crippen molar-refractivity contribution in [3.05, 3.63) is 16.3 Å². The average molecular weight is 406 g/mol. The number of nitro groups is 1. The Morgan fingerprint density at radius 1 is 1.28 bits per heavy atom. The lowest BCUT2D eigenvalue weighted by molar-refractivity contribution is -0.384. The second-order valence-corrected chi connectivity index (χ2v) is 8.41. The fraction of sp³-hybridized carbons (Fsp3) is 0.737. The van der Waals surface area contributed by atoms with Gasteiger partial charge in [-0.25, -0.2) is 4.98 Å². The first-order valence-corrected chi connectivity index (χ1v) is 10.1. The standard InChI is InChI=1S/C19H30N6O4/c1-19(8-10-29-11-9-19)23-18-20-12-15(25(27)28)16(22-18)21-14-6-4-13(5-7-14)17(26)24(2)3/h12-14H,4-11H2,1-3H3,(H2,20,21,22,23). The molecule has 1 aliphatic heterocycles. The van der Waals surface area contributed by atoms with Crippen molar-refractivity contribution in [1.29, 1.82) is 0 Å². The summed E-state index contributed by atoms with van der Waals surface area (Å²) in [6, 6.07) is 0.0429. The summed E-state index contributed by atoms with van der Waals surface area (Å²) in [5.41, 5.74) is -0.338. The first-order valence-electron chi connectivity index (χ1n) is 10.1. The largest absolute Gasteiger partial charge is 0.381 e. The molecular formula is C19H30N6O4. The maximum atomic E-state index is 12.1. The number of aromatic nitrogens is 2. The first-order chi connectivity index (χ1) is 13.8. The number of nitrogens with one attached hydrogen (secondary N) is 2. The van der Waals surface area contributed by atoms with Gasteiger partial charge < -0.3 is 20.3 Å². The van der Waals surface area contributed by atoms with Gasteiger partial charge in [-0.2, -0.15) is 4.98 Å². The lowest BCUT2D eigenvalue weighted by atomic mass is 9.85. The molecule has 2 fully saturated rings. The normalized spacial score (nSPS) is 23.8. The van der Waals surface area contributed by atoms with Crippen LogP contribution in [0.2, 0.25) is 0 Å². The highest BCUT2D eigenvalue weighted by atomic mass is 16.6. The Morgan fingerprint density at radius 3 is 2.52 bits per heavy atom. The molecule has 2 N–H and O–H groups in total. The number of rotatable bonds is 6. The smallest absolute Gasteiger partial charge is 0.329 e. The van der Waals surface area contributed by atoms with Crippen LogP contribution in [0.3, 0.4) is 0 Å². The molecule has 1 saturated carbocycles. The first kappa shape index (κ1) is 21.2. The van der Waals surface area contributed by atoms with E-state index in [9.17, 15) is 14.9 Å². The van der Waals surface area contributed by atoms with E-state index < -0.39 is 4.92 Å². The molecule has 2 heterocycles. The second kappa shape index (κ2) is 8.89. The van der Waals surface area contributed by atoms with E-state index in [1.807, 2.05) is 0 Å². The summed E-state index contributed by atoms with van der Waals surface area (Å²) in [7, 11) is 3.54. The summed E-state index contributed by atoms with van der Waals surface area (Å²) in [6.45, 7) is 3.41. The zero-order valence-electron chi connectivity index (χ0n) is 17.3. The Balaban J connectivity index is 1.69. The van der Waals surface area contributed by atoms with Gasteiger partial charge in [-0.15, -0.1) is 0 Å². The molecule has 0 atom stereocenters. The monoisotopic (exact) mass is 406 g/mol. The summed E-state index contributed by atoms with van der Waals surface area (Å²) < 4.78 is 5.41. The maximum Gasteiger partial charge on any atom is 0.329 e. The van der Waals surface area contributed by atoms with Gasteiger partial charge in [0.1, 0.15) is 6.20 Å². The summed E-state index contributed by atoms with van der Waals surface area (Å²) in [5, 5.41) is 18.0. The summed E-state index contributed by atoms with van der Waals surface area (Å²) in [6.07, 6.45) is 5.95. The molecule has 2 aliphatic rings. The maximum absolute atomic E-state index is 12.1. The van der Waals surface area contributed by atoms with Crippen LogP contribution < -0.4 is 10.6 Å². The van der Waals surface area contributed by atoms with E-state index in [2.05, 4.69) is 27.5 Å². The van der Waals surface area contributed by atoms with Crippen molar-refractivity contribution >= 4 is 23.4 Å². The van der Waals surface area contributed by atoms with Crippen molar-refractivity contribution in [3.8, 4) is 0 Å². The molecule has 1 aromatic rings. The van der Waals surface area contributed by atoms with E-state index in [4.69, 9.17) is 4.74 Å². The van der Waals surface area contributed by atoms with Crippen LogP contribution in [0.5, 0.6) is 0 Å². The van der Waals surface area contributed by atoms with Crippen molar-refractivity contribution in [1.82, 2.24) is 14.9 Å². The third-order valence-corrected chi connectivity index (χ3v) is 5.83. The molecule has 0 bridgehead atoms. The van der Waals surface area contributed by atoms with Gasteiger partial charge in [0.2, 0.25) is 17.7 Å². The molecular weight excluding hydrogens is 376 g/mol. The van der Waals surface area contributed by atoms with Gasteiger partial charge >= 0.3 is 5.69 Å². The molecule has 3 rings (SSSR count). The minimum absolute atomic E-state index is 0.0223. The number of amides is 1. The van der Waals surface area contributed by atoms with Gasteiger partial charge in [-0.05, 0) is 45.4 Å². The quantitative estimate of drug-likeness (QED) is 0.545. The van der Waals surface area contributed by atoms with E-state index in [0.29, 0.717) is 19.2 Å². The minimum Gasteiger partial charge on any atom is -0.381 e. The highest BCUT2D eigenvalue weighted by Crippen LogP contribution is 2.31. The van der Waals surface area contributed by atoms with Crippen LogP contribution in [0.1, 0.15) is 45.4 Å². The van der Waals surface area contributed by atoms with Crippen LogP contribution >= 0.6 is 0 Å². The number of hydrogen-bond donors (Lipinski definition) is 2. The topological polar surface area (TPSA) is 123 Å². The van der Waals surface area contributed by atoms with E-state index in [1.165, 1.54) is 6.20 Å². The molecule has 29 heavy (non-hydrogen) atoms. The van der Waals surface area contributed by atoms with Gasteiger partial charge in [-0.1, -0.05) is 0 Å². The Morgan fingerprint density at radius 2 is 1.93 bits per heavy atom. The molecule has 1 aromatic heterocycles. The van der Waals surface area contributed by atoms with Crippen LogP contribution in [0.4, 0.5) is 17.5 Å². The molecule has 0 unspecified atom stereocenters. The van der Waals surface area contributed by atoms with Crippen molar-refractivity contribution in [2.24, 2.45) is 5.92 Å². The highest BCUT2D eigenvalue weighted by Gasteiger charge is 2.31. The molecule has 0 radical (unpaired) electrons. The van der Waals surface area contributed by atoms with E-state index in [1.54, 1.807) is 19.0 Å². The predicted molar refractivity (Wildman–Crippen MR) is 109 cm³/mol. The fourth-order valence-corrected chi connectivity index (χ4v) is 3.94. The van der Waals surface area contributed by atoms with Crippen LogP contribution in [-0.2, 0) is 9.53 Å². The highest BCUT2D eigenvalue weighted by molar-refractivity contribution is 5.78. The molecule has 1 aliphatic carbocycles. The summed E-state index contributed by atoms with van der Waals surface area (Å²) in [4.78, 5) is 33.3. The third kappa shape index (κ3) is 5.31. The van der Waals surface area contributed by atoms with Crippen molar-refractivity contribution in [3.63, 3.8) is 0 Å². The molecule has 0 spiro atoms. The minimum atomic E-state index is -0.469. The zero-order valence-corrected chi connectivity index (χ0v) is 17.3. The average Bonchev–Trinajstić information content (AvgIpc) is 2.68. The Bertz CT molecular complexity index is 742. The van der Waals surface area contributed by atoms with E-state index in [0.717, 1.165) is 38.5 Å². The molecule has 10 heteroatoms. The summed E-state index contributed by atoms with van der Waals surface area (Å²) >= 11 is 0. The van der Waals surface area contributed by atoms with Crippen LogP contribution in [0.15, 0.2) is 6.20 Å². The van der Waals surface area contributed by atoms with Gasteiger partial charge in [0.05, 0.1) is 4.92 Å². The lowest BCUT2D eigenvalue weighted by Crippen LogP contribution is -2.41. The predicted octanol–water partition coefficient (Wildman–Crippen LogP) is 2.42. The number of nitrogens with zero attached hydrogens (tertiary/aromatic N) is 4. The van der Waals surface area contributed by atoms with Crippen molar-refractivity contribution in [2.45, 2.75) is 57.0 Å². The van der Waals surface area contributed by atoms with Crippen LogP contribution in [0, 0.1) is 16.0 Å². The number of ether oxygens (including phenoxy) is 1. The van der Waals surface area contributed by atoms with Crippen molar-refractivity contribution in [2.75, 3.05) is 37.9 Å². The Labute approximate surface area is 170 Å². The van der Waals surface area contributed by atoms with Gasteiger partial charge in [-0.3, -0.25) is 14.9 Å². The second-order valence-electron chi connectivity index (χ2n) is 8.41. The number of carbonyl (C=O) groups excluding carboxylic acids is 1. The van der Waals surface area contributed by atoms with Gasteiger partial charge in [0.25, 0.3) is 0 Å². The molecule has 160 valence electrons. The SMILES string of the molecule is CN(C)C(=O)C1CCC(Nc2nc(NC3(C)CCOCC3)ncc2[N+](=O)[O-])CC1. The fourth-order valence-electron chi connectivity index (χ4n) is 3.94. The Hall–Kier alpha value is -2.49. The van der Waals surface area contributed by atoms with E-state index in [-0.39, 0.29) is 34.9 Å². The summed E-state index contributed by atoms with van der Waals surface area (Å²) in [5.74, 6) is 0.770. The molecule has 10 nitrogen and oxygen atoms in total. The third-order valence-electron chi connectivity index (χ3n) is 5.83. The molecule has 0 aromatic carbocycles. The lowest BCUT2D eigenvalue weighted by Gasteiger charge is -2.34. The molecule has 1 saturated heterocycles. The molecule has 1 amide bonds. The van der Waals surface area contributed by atoms with Gasteiger partial charge in [0.15, 0.2) is 0 Å². The van der Waals surface area contributed by atoms with Crippen LogP contribution in [-0.4, -0.2) is 64.6 Å². The number of carbonyl (C=O) groups is 1. The van der Waals surface area contributed by atoms with E-state index >= 15 is 0 Å². The zero-order chi connectivity index (χ0) is 21.0. The number of anilines is 2. The van der Waals surface area contributed by atoms with Gasteiger partial charge in [0, 0.05) is 44.8 Å². The Kier molecular flexibility index (Phi) is 6.51. The van der Waals surface area contributed by atoms with Crippen molar-refractivity contribution < 1.29 is 14.5 Å². The number of hydrogen-bond acceptors (Lipinski definition) is 8. The van der Waals surface area contributed by atoms with Crippen LogP contribution in [0.25, 0.3) is 0 Å².